The Labute approximate surface area is 158 Å². The van der Waals surface area contributed by atoms with E-state index in [1.165, 1.54) is 35.6 Å². The second-order valence-electron chi connectivity index (χ2n) is 5.51. The van der Waals surface area contributed by atoms with Gasteiger partial charge in [-0.2, -0.15) is 13.2 Å². The van der Waals surface area contributed by atoms with Gasteiger partial charge in [-0.05, 0) is 18.6 Å². The van der Waals surface area contributed by atoms with Gasteiger partial charge in [-0.15, -0.1) is 11.3 Å². The van der Waals surface area contributed by atoms with Crippen LogP contribution in [0.5, 0.6) is 0 Å². The topological polar surface area (TPSA) is 71.5 Å². The van der Waals surface area contributed by atoms with Gasteiger partial charge in [0.1, 0.15) is 5.01 Å². The van der Waals surface area contributed by atoms with E-state index < -0.39 is 23.7 Å². The molecule has 1 N–H and O–H groups in total. The van der Waals surface area contributed by atoms with E-state index in [1.54, 1.807) is 0 Å². The molecule has 10 heteroatoms. The van der Waals surface area contributed by atoms with Gasteiger partial charge in [0.05, 0.1) is 24.9 Å². The predicted molar refractivity (Wildman–Crippen MR) is 94.6 cm³/mol. The molecule has 6 nitrogen and oxygen atoms in total. The number of carbonyl (C=O) groups is 2. The molecule has 0 aliphatic carbocycles. The second kappa shape index (κ2) is 8.85. The molecule has 0 aliphatic rings. The molecule has 2 rings (SSSR count). The number of carbonyl (C=O) groups excluding carboxylic acids is 2. The molecule has 0 spiro atoms. The lowest BCUT2D eigenvalue weighted by molar-refractivity contribution is -0.136. The number of alkyl halides is 3. The number of para-hydroxylation sites is 1. The summed E-state index contributed by atoms with van der Waals surface area (Å²) in [4.78, 5) is 29.4. The fourth-order valence-electron chi connectivity index (χ4n) is 2.30. The molecule has 0 radical (unpaired) electrons. The van der Waals surface area contributed by atoms with Crippen molar-refractivity contribution in [3.8, 4) is 0 Å². The van der Waals surface area contributed by atoms with Gasteiger partial charge in [0.15, 0.2) is 5.69 Å². The van der Waals surface area contributed by atoms with E-state index in [4.69, 9.17) is 0 Å². The fraction of sp³-hybridized carbons (Fsp3) is 0.353. The minimum Gasteiger partial charge on any atom is -0.464 e. The van der Waals surface area contributed by atoms with Crippen molar-refractivity contribution >= 4 is 29.0 Å². The second-order valence-corrected chi connectivity index (χ2v) is 6.46. The Bertz CT molecular complexity index is 808. The van der Waals surface area contributed by atoms with E-state index in [-0.39, 0.29) is 17.9 Å². The Morgan fingerprint density at radius 2 is 2.00 bits per heavy atom. The number of benzene rings is 1. The highest BCUT2D eigenvalue weighted by Crippen LogP contribution is 2.34. The number of nitrogens with zero attached hydrogens (tertiary/aromatic N) is 2. The van der Waals surface area contributed by atoms with Crippen LogP contribution in [0.2, 0.25) is 0 Å². The predicted octanol–water partition coefficient (Wildman–Crippen LogP) is 4.39. The summed E-state index contributed by atoms with van der Waals surface area (Å²) >= 11 is 1.16. The number of thiazole rings is 1. The number of rotatable bonds is 6. The van der Waals surface area contributed by atoms with Gasteiger partial charge in [0, 0.05) is 11.9 Å². The Morgan fingerprint density at radius 3 is 2.63 bits per heavy atom. The number of esters is 1. The molecule has 146 valence electrons. The van der Waals surface area contributed by atoms with Gasteiger partial charge in [-0.1, -0.05) is 19.1 Å². The Morgan fingerprint density at radius 1 is 1.30 bits per heavy atom. The number of ether oxygens (including phenoxy) is 1. The van der Waals surface area contributed by atoms with Crippen molar-refractivity contribution < 1.29 is 27.5 Å². The highest BCUT2D eigenvalue weighted by molar-refractivity contribution is 7.09. The van der Waals surface area contributed by atoms with E-state index in [1.807, 2.05) is 6.92 Å². The lowest BCUT2D eigenvalue weighted by Gasteiger charge is -2.22. The maximum Gasteiger partial charge on any atom is 0.418 e. The summed E-state index contributed by atoms with van der Waals surface area (Å²) in [6.45, 7) is 2.22. The number of nitrogens with one attached hydrogen (secondary N) is 1. The van der Waals surface area contributed by atoms with Gasteiger partial charge < -0.3 is 15.0 Å². The van der Waals surface area contributed by atoms with Crippen molar-refractivity contribution in [3.63, 3.8) is 0 Å². The Hall–Kier alpha value is -2.62. The number of hydrogen-bond donors (Lipinski definition) is 1. The molecule has 0 fully saturated rings. The smallest absolute Gasteiger partial charge is 0.418 e. The summed E-state index contributed by atoms with van der Waals surface area (Å²) in [5.41, 5.74) is -1.11. The summed E-state index contributed by atoms with van der Waals surface area (Å²) in [6, 6.07) is 4.10. The Kier molecular flexibility index (Phi) is 6.78. The number of hydrogen-bond acceptors (Lipinski definition) is 5. The molecule has 0 saturated heterocycles. The third-order valence-electron chi connectivity index (χ3n) is 3.53. The van der Waals surface area contributed by atoms with Crippen LogP contribution < -0.4 is 5.32 Å². The van der Waals surface area contributed by atoms with Crippen LogP contribution in [-0.2, 0) is 17.5 Å². The van der Waals surface area contributed by atoms with Gasteiger partial charge in [0.2, 0.25) is 0 Å². The number of urea groups is 1. The summed E-state index contributed by atoms with van der Waals surface area (Å²) < 4.78 is 43.8. The summed E-state index contributed by atoms with van der Waals surface area (Å²) in [5.74, 6) is -0.594. The first-order valence-electron chi connectivity index (χ1n) is 8.01. The van der Waals surface area contributed by atoms with Crippen LogP contribution in [0.25, 0.3) is 0 Å². The zero-order valence-corrected chi connectivity index (χ0v) is 15.5. The van der Waals surface area contributed by atoms with Crippen molar-refractivity contribution in [2.24, 2.45) is 0 Å². The van der Waals surface area contributed by atoms with Crippen LogP contribution in [0.4, 0.5) is 23.7 Å². The van der Waals surface area contributed by atoms with E-state index in [0.717, 1.165) is 17.4 Å². The molecular formula is C17H18F3N3O3S. The number of amides is 2. The molecule has 1 heterocycles. The van der Waals surface area contributed by atoms with E-state index >= 15 is 0 Å². The minimum absolute atomic E-state index is 0.0650. The van der Waals surface area contributed by atoms with Crippen molar-refractivity contribution in [2.75, 3.05) is 19.0 Å². The molecule has 2 amide bonds. The first-order valence-corrected chi connectivity index (χ1v) is 8.89. The van der Waals surface area contributed by atoms with E-state index in [2.05, 4.69) is 15.0 Å². The molecule has 1 aromatic heterocycles. The fourth-order valence-corrected chi connectivity index (χ4v) is 3.08. The third kappa shape index (κ3) is 5.43. The monoisotopic (exact) mass is 401 g/mol. The first-order chi connectivity index (χ1) is 12.8. The van der Waals surface area contributed by atoms with Crippen LogP contribution in [0.3, 0.4) is 0 Å². The molecule has 2 aromatic rings. The number of aromatic nitrogens is 1. The van der Waals surface area contributed by atoms with Gasteiger partial charge in [-0.25, -0.2) is 14.6 Å². The molecular weight excluding hydrogens is 383 g/mol. The van der Waals surface area contributed by atoms with Crippen molar-refractivity contribution in [3.05, 3.63) is 45.9 Å². The maximum atomic E-state index is 13.1. The van der Waals surface area contributed by atoms with Crippen LogP contribution in [0.15, 0.2) is 29.6 Å². The van der Waals surface area contributed by atoms with Gasteiger partial charge in [0.25, 0.3) is 0 Å². The van der Waals surface area contributed by atoms with Crippen LogP contribution in [0, 0.1) is 0 Å². The van der Waals surface area contributed by atoms with E-state index in [0.29, 0.717) is 18.0 Å². The molecule has 1 aromatic carbocycles. The highest BCUT2D eigenvalue weighted by Gasteiger charge is 2.34. The zero-order chi connectivity index (χ0) is 20.0. The molecule has 0 unspecified atom stereocenters. The van der Waals surface area contributed by atoms with Crippen molar-refractivity contribution in [1.82, 2.24) is 9.88 Å². The lowest BCUT2D eigenvalue weighted by Crippen LogP contribution is -2.35. The van der Waals surface area contributed by atoms with E-state index in [9.17, 15) is 22.8 Å². The number of methoxy groups -OCH3 is 1. The molecule has 0 atom stereocenters. The first kappa shape index (κ1) is 20.7. The maximum absolute atomic E-state index is 13.1. The van der Waals surface area contributed by atoms with Crippen LogP contribution >= 0.6 is 11.3 Å². The average Bonchev–Trinajstić information content (AvgIpc) is 3.09. The zero-order valence-electron chi connectivity index (χ0n) is 14.7. The third-order valence-corrected chi connectivity index (χ3v) is 4.36. The molecule has 0 bridgehead atoms. The highest BCUT2D eigenvalue weighted by atomic mass is 32.1. The quantitative estimate of drug-likeness (QED) is 0.729. The van der Waals surface area contributed by atoms with Crippen LogP contribution in [0.1, 0.15) is 34.4 Å². The molecule has 0 aliphatic heterocycles. The lowest BCUT2D eigenvalue weighted by atomic mass is 10.1. The Balaban J connectivity index is 2.16. The summed E-state index contributed by atoms with van der Waals surface area (Å²) in [7, 11) is 1.23. The van der Waals surface area contributed by atoms with Gasteiger partial charge >= 0.3 is 18.2 Å². The van der Waals surface area contributed by atoms with Crippen LogP contribution in [-0.4, -0.2) is 35.5 Å². The van der Waals surface area contributed by atoms with Crippen molar-refractivity contribution in [2.45, 2.75) is 26.1 Å². The standard InChI is InChI=1S/C17H18F3N3O3S/c1-3-8-23(9-14-21-13(10-27-14)15(24)26-2)16(25)22-12-7-5-4-6-11(12)17(18,19)20/h4-7,10H,3,8-9H2,1-2H3,(H,22,25). The van der Waals surface area contributed by atoms with Gasteiger partial charge in [-0.3, -0.25) is 0 Å². The number of anilines is 1. The normalized spacial score (nSPS) is 11.1. The average molecular weight is 401 g/mol. The minimum atomic E-state index is -4.58. The summed E-state index contributed by atoms with van der Waals surface area (Å²) in [5, 5.41) is 4.29. The largest absolute Gasteiger partial charge is 0.464 e. The molecule has 0 saturated carbocycles. The SMILES string of the molecule is CCCN(Cc1nc(C(=O)OC)cs1)C(=O)Nc1ccccc1C(F)(F)F. The van der Waals surface area contributed by atoms with Crippen molar-refractivity contribution in [1.29, 1.82) is 0 Å². The summed E-state index contributed by atoms with van der Waals surface area (Å²) in [6.07, 6.45) is -3.98. The number of halogens is 3. The molecule has 27 heavy (non-hydrogen) atoms.